The van der Waals surface area contributed by atoms with Gasteiger partial charge in [-0.2, -0.15) is 0 Å². The van der Waals surface area contributed by atoms with Crippen molar-refractivity contribution in [3.05, 3.63) is 29.0 Å². The van der Waals surface area contributed by atoms with Gasteiger partial charge in [-0.15, -0.1) is 12.4 Å². The second kappa shape index (κ2) is 4.28. The fraction of sp³-hybridized carbons (Fsp3) is 0.545. The van der Waals surface area contributed by atoms with Gasteiger partial charge in [-0.3, -0.25) is 0 Å². The van der Waals surface area contributed by atoms with E-state index in [9.17, 15) is 0 Å². The summed E-state index contributed by atoms with van der Waals surface area (Å²) in [6.45, 7) is 0. The van der Waals surface area contributed by atoms with E-state index in [1.807, 2.05) is 12.3 Å². The lowest BCUT2D eigenvalue weighted by atomic mass is 9.85. The molecule has 15 heavy (non-hydrogen) atoms. The van der Waals surface area contributed by atoms with E-state index in [0.717, 1.165) is 6.04 Å². The molecule has 1 N–H and O–H groups in total. The van der Waals surface area contributed by atoms with Gasteiger partial charge in [-0.25, -0.2) is 4.98 Å². The summed E-state index contributed by atoms with van der Waals surface area (Å²) in [7, 11) is 0. The standard InChI is InChI=1S/C11H13ClN2.ClH/c12-11-4-1-7(6-13-11)9-5-8-2-3-10(9)14-8;/h1,4,6,8-10,14H,2-3,5H2;1H/t8-,9?,10+;/m0./s1. The number of nitrogens with zero attached hydrogens (tertiary/aromatic N) is 1. The smallest absolute Gasteiger partial charge is 0.129 e. The van der Waals surface area contributed by atoms with E-state index < -0.39 is 0 Å². The molecule has 3 rings (SSSR count). The van der Waals surface area contributed by atoms with E-state index in [1.54, 1.807) is 0 Å². The Labute approximate surface area is 101 Å². The van der Waals surface area contributed by atoms with Gasteiger partial charge in [0.25, 0.3) is 0 Å². The molecule has 0 radical (unpaired) electrons. The van der Waals surface area contributed by atoms with Gasteiger partial charge in [0.15, 0.2) is 0 Å². The maximum atomic E-state index is 5.77. The average molecular weight is 245 g/mol. The Morgan fingerprint density at radius 3 is 2.73 bits per heavy atom. The molecular weight excluding hydrogens is 231 g/mol. The third kappa shape index (κ3) is 1.99. The fourth-order valence-corrected chi connectivity index (χ4v) is 2.91. The average Bonchev–Trinajstić information content (AvgIpc) is 2.80. The summed E-state index contributed by atoms with van der Waals surface area (Å²) in [5.41, 5.74) is 1.34. The minimum absolute atomic E-state index is 0. The topological polar surface area (TPSA) is 24.9 Å². The van der Waals surface area contributed by atoms with Crippen molar-refractivity contribution in [3.63, 3.8) is 0 Å². The Kier molecular flexibility index (Phi) is 3.19. The first-order valence-corrected chi connectivity index (χ1v) is 5.58. The molecule has 2 aliphatic rings. The lowest BCUT2D eigenvalue weighted by Gasteiger charge is -2.19. The van der Waals surface area contributed by atoms with Crippen LogP contribution in [0.3, 0.4) is 0 Å². The van der Waals surface area contributed by atoms with Crippen molar-refractivity contribution in [1.29, 1.82) is 0 Å². The van der Waals surface area contributed by atoms with Crippen molar-refractivity contribution in [1.82, 2.24) is 10.3 Å². The van der Waals surface area contributed by atoms with Crippen molar-refractivity contribution < 1.29 is 0 Å². The van der Waals surface area contributed by atoms with Crippen LogP contribution in [0.25, 0.3) is 0 Å². The van der Waals surface area contributed by atoms with Crippen LogP contribution in [-0.2, 0) is 0 Å². The van der Waals surface area contributed by atoms with Gasteiger partial charge < -0.3 is 5.32 Å². The summed E-state index contributed by atoms with van der Waals surface area (Å²) in [5, 5.41) is 4.22. The molecule has 3 heterocycles. The maximum absolute atomic E-state index is 5.77. The first-order chi connectivity index (χ1) is 6.83. The van der Waals surface area contributed by atoms with Gasteiger partial charge >= 0.3 is 0 Å². The number of hydrogen-bond donors (Lipinski definition) is 1. The van der Waals surface area contributed by atoms with E-state index in [1.165, 1.54) is 24.8 Å². The Hall–Kier alpha value is -0.310. The molecule has 82 valence electrons. The monoisotopic (exact) mass is 244 g/mol. The van der Waals surface area contributed by atoms with Crippen LogP contribution in [0.5, 0.6) is 0 Å². The molecule has 0 aromatic carbocycles. The Bertz CT molecular complexity index is 339. The summed E-state index contributed by atoms with van der Waals surface area (Å²) in [6, 6.07) is 5.44. The van der Waals surface area contributed by atoms with E-state index >= 15 is 0 Å². The second-order valence-corrected chi connectivity index (χ2v) is 4.69. The first-order valence-electron chi connectivity index (χ1n) is 5.20. The Morgan fingerprint density at radius 2 is 2.20 bits per heavy atom. The number of halogens is 2. The normalized spacial score (nSPS) is 32.7. The van der Waals surface area contributed by atoms with Gasteiger partial charge in [-0.05, 0) is 30.9 Å². The fourth-order valence-electron chi connectivity index (χ4n) is 2.80. The lowest BCUT2D eigenvalue weighted by molar-refractivity contribution is 0.505. The maximum Gasteiger partial charge on any atom is 0.129 e. The van der Waals surface area contributed by atoms with Crippen LogP contribution in [0.2, 0.25) is 5.15 Å². The van der Waals surface area contributed by atoms with Crippen LogP contribution in [0.15, 0.2) is 18.3 Å². The molecule has 0 spiro atoms. The van der Waals surface area contributed by atoms with Crippen LogP contribution in [-0.4, -0.2) is 17.1 Å². The predicted molar refractivity (Wildman–Crippen MR) is 63.8 cm³/mol. The SMILES string of the molecule is Cl.Clc1ccc(C2C[C@@H]3CC[C@H]2N3)cn1. The number of pyridine rings is 1. The number of hydrogen-bond acceptors (Lipinski definition) is 2. The highest BCUT2D eigenvalue weighted by Gasteiger charge is 2.39. The predicted octanol–water partition coefficient (Wildman–Crippen LogP) is 2.76. The van der Waals surface area contributed by atoms with E-state index in [-0.39, 0.29) is 12.4 Å². The summed E-state index contributed by atoms with van der Waals surface area (Å²) in [4.78, 5) is 4.14. The third-order valence-corrected chi connectivity index (χ3v) is 3.70. The van der Waals surface area contributed by atoms with Crippen LogP contribution in [0.1, 0.15) is 30.7 Å². The molecule has 1 aromatic rings. The Morgan fingerprint density at radius 1 is 1.33 bits per heavy atom. The zero-order chi connectivity index (χ0) is 9.54. The zero-order valence-electron chi connectivity index (χ0n) is 8.32. The van der Waals surface area contributed by atoms with Gasteiger partial charge in [-0.1, -0.05) is 17.7 Å². The molecule has 1 unspecified atom stereocenters. The van der Waals surface area contributed by atoms with Crippen LogP contribution in [0, 0.1) is 0 Å². The molecule has 0 aliphatic carbocycles. The zero-order valence-corrected chi connectivity index (χ0v) is 9.89. The van der Waals surface area contributed by atoms with Crippen LogP contribution >= 0.6 is 24.0 Å². The molecule has 4 heteroatoms. The van der Waals surface area contributed by atoms with Crippen molar-refractivity contribution >= 4 is 24.0 Å². The minimum Gasteiger partial charge on any atom is -0.311 e. The largest absolute Gasteiger partial charge is 0.311 e. The van der Waals surface area contributed by atoms with Crippen LogP contribution in [0.4, 0.5) is 0 Å². The third-order valence-electron chi connectivity index (χ3n) is 3.48. The second-order valence-electron chi connectivity index (χ2n) is 4.30. The number of nitrogens with one attached hydrogen (secondary N) is 1. The van der Waals surface area contributed by atoms with Gasteiger partial charge in [0.1, 0.15) is 5.15 Å². The quantitative estimate of drug-likeness (QED) is 0.769. The summed E-state index contributed by atoms with van der Waals surface area (Å²) >= 11 is 5.77. The van der Waals surface area contributed by atoms with Crippen molar-refractivity contribution in [2.45, 2.75) is 37.3 Å². The highest BCUT2D eigenvalue weighted by atomic mass is 35.5. The van der Waals surface area contributed by atoms with Crippen molar-refractivity contribution in [3.8, 4) is 0 Å². The van der Waals surface area contributed by atoms with Crippen LogP contribution < -0.4 is 5.32 Å². The molecule has 2 bridgehead atoms. The number of fused-ring (bicyclic) bond motifs is 2. The van der Waals surface area contributed by atoms with Gasteiger partial charge in [0, 0.05) is 24.2 Å². The van der Waals surface area contributed by atoms with E-state index in [0.29, 0.717) is 17.1 Å². The molecule has 0 amide bonds. The Balaban J connectivity index is 0.000000853. The molecular formula is C11H14Cl2N2. The summed E-state index contributed by atoms with van der Waals surface area (Å²) in [6.07, 6.45) is 5.86. The van der Waals surface area contributed by atoms with Crippen molar-refractivity contribution in [2.75, 3.05) is 0 Å². The highest BCUT2D eigenvalue weighted by Crippen LogP contribution is 2.39. The molecule has 2 saturated heterocycles. The summed E-state index contributed by atoms with van der Waals surface area (Å²) in [5.74, 6) is 0.665. The number of aromatic nitrogens is 1. The molecule has 0 saturated carbocycles. The summed E-state index contributed by atoms with van der Waals surface area (Å²) < 4.78 is 0. The molecule has 3 atom stereocenters. The van der Waals surface area contributed by atoms with Gasteiger partial charge in [0.2, 0.25) is 0 Å². The number of rotatable bonds is 1. The van der Waals surface area contributed by atoms with E-state index in [2.05, 4.69) is 16.4 Å². The highest BCUT2D eigenvalue weighted by molar-refractivity contribution is 6.29. The minimum atomic E-state index is 0. The molecule has 2 nitrogen and oxygen atoms in total. The van der Waals surface area contributed by atoms with Gasteiger partial charge in [0.05, 0.1) is 0 Å². The lowest BCUT2D eigenvalue weighted by Crippen LogP contribution is -2.21. The molecule has 2 fully saturated rings. The first kappa shape index (κ1) is 11.2. The van der Waals surface area contributed by atoms with E-state index in [4.69, 9.17) is 11.6 Å². The van der Waals surface area contributed by atoms with Crippen molar-refractivity contribution in [2.24, 2.45) is 0 Å². The molecule has 1 aromatic heterocycles. The molecule has 2 aliphatic heterocycles.